The molecule has 0 atom stereocenters. The van der Waals surface area contributed by atoms with E-state index in [1.165, 1.54) is 6.26 Å². The molecule has 2 N–H and O–H groups in total. The number of furan rings is 1. The van der Waals surface area contributed by atoms with Crippen LogP contribution in [0.25, 0.3) is 0 Å². The van der Waals surface area contributed by atoms with Gasteiger partial charge in [0.2, 0.25) is 5.91 Å². The molecular weight excluding hydrogens is 246 g/mol. The van der Waals surface area contributed by atoms with Crippen LogP contribution in [0.15, 0.2) is 22.8 Å². The van der Waals surface area contributed by atoms with Gasteiger partial charge in [0.1, 0.15) is 0 Å². The molecule has 6 heteroatoms. The van der Waals surface area contributed by atoms with Gasteiger partial charge in [-0.1, -0.05) is 0 Å². The van der Waals surface area contributed by atoms with Crippen molar-refractivity contribution < 1.29 is 14.0 Å². The van der Waals surface area contributed by atoms with Gasteiger partial charge >= 0.3 is 0 Å². The number of piperidine rings is 1. The molecule has 2 rings (SSSR count). The molecular formula is C13H19N3O3. The zero-order valence-electron chi connectivity index (χ0n) is 11.0. The zero-order valence-corrected chi connectivity index (χ0v) is 11.0. The van der Waals surface area contributed by atoms with Crippen LogP contribution in [0.3, 0.4) is 0 Å². The van der Waals surface area contributed by atoms with E-state index in [9.17, 15) is 9.59 Å². The molecule has 1 aliphatic rings. The summed E-state index contributed by atoms with van der Waals surface area (Å²) in [6.07, 6.45) is 3.19. The second-order valence-electron chi connectivity index (χ2n) is 4.67. The Morgan fingerprint density at radius 1 is 1.42 bits per heavy atom. The Hall–Kier alpha value is -1.82. The Kier molecular flexibility index (Phi) is 4.57. The number of amides is 2. The maximum absolute atomic E-state index is 11.8. The monoisotopic (exact) mass is 265 g/mol. The van der Waals surface area contributed by atoms with Crippen molar-refractivity contribution in [3.05, 3.63) is 24.2 Å². The average Bonchev–Trinajstić information content (AvgIpc) is 2.95. The van der Waals surface area contributed by atoms with Gasteiger partial charge < -0.3 is 15.1 Å². The molecule has 0 aliphatic carbocycles. The summed E-state index contributed by atoms with van der Waals surface area (Å²) in [7, 11) is 1.64. The summed E-state index contributed by atoms with van der Waals surface area (Å²) in [4.78, 5) is 25.1. The van der Waals surface area contributed by atoms with Gasteiger partial charge in [0.15, 0.2) is 5.76 Å². The van der Waals surface area contributed by atoms with Crippen molar-refractivity contribution >= 4 is 11.8 Å². The highest BCUT2D eigenvalue weighted by atomic mass is 16.3. The first-order valence-electron chi connectivity index (χ1n) is 6.46. The Labute approximate surface area is 112 Å². The zero-order chi connectivity index (χ0) is 13.7. The van der Waals surface area contributed by atoms with Gasteiger partial charge in [-0.2, -0.15) is 0 Å². The van der Waals surface area contributed by atoms with E-state index in [2.05, 4.69) is 15.5 Å². The van der Waals surface area contributed by atoms with Gasteiger partial charge in [-0.05, 0) is 25.0 Å². The summed E-state index contributed by atoms with van der Waals surface area (Å²) in [6.45, 7) is 2.06. The van der Waals surface area contributed by atoms with E-state index in [0.29, 0.717) is 12.3 Å². The normalized spacial score (nSPS) is 17.1. The molecule has 0 spiro atoms. The van der Waals surface area contributed by atoms with Crippen LogP contribution in [0, 0.1) is 0 Å². The third kappa shape index (κ3) is 3.82. The number of likely N-dealkylation sites (N-methyl/N-ethyl adjacent to an activating group) is 1. The van der Waals surface area contributed by atoms with Gasteiger partial charge in [-0.3, -0.25) is 14.5 Å². The van der Waals surface area contributed by atoms with Crippen LogP contribution in [0.2, 0.25) is 0 Å². The number of hydrogen-bond acceptors (Lipinski definition) is 4. The molecule has 1 aliphatic heterocycles. The fourth-order valence-corrected chi connectivity index (χ4v) is 2.18. The van der Waals surface area contributed by atoms with Crippen molar-refractivity contribution in [3.8, 4) is 0 Å². The fourth-order valence-electron chi connectivity index (χ4n) is 2.18. The van der Waals surface area contributed by atoms with Crippen molar-refractivity contribution in [1.82, 2.24) is 15.5 Å². The first-order valence-corrected chi connectivity index (χ1v) is 6.46. The molecule has 6 nitrogen and oxygen atoms in total. The van der Waals surface area contributed by atoms with E-state index in [-0.39, 0.29) is 17.9 Å². The predicted molar refractivity (Wildman–Crippen MR) is 69.7 cm³/mol. The molecule has 104 valence electrons. The molecule has 0 unspecified atom stereocenters. The van der Waals surface area contributed by atoms with E-state index in [1.807, 2.05) is 0 Å². The van der Waals surface area contributed by atoms with Crippen molar-refractivity contribution in [2.45, 2.75) is 18.9 Å². The summed E-state index contributed by atoms with van der Waals surface area (Å²) in [6, 6.07) is 3.50. The summed E-state index contributed by atoms with van der Waals surface area (Å²) >= 11 is 0. The van der Waals surface area contributed by atoms with Crippen LogP contribution in [0.5, 0.6) is 0 Å². The van der Waals surface area contributed by atoms with Crippen LogP contribution >= 0.6 is 0 Å². The number of hydrogen-bond donors (Lipinski definition) is 2. The fraction of sp³-hybridized carbons (Fsp3) is 0.538. The second-order valence-corrected chi connectivity index (χ2v) is 4.67. The van der Waals surface area contributed by atoms with Gasteiger partial charge in [0.25, 0.3) is 5.91 Å². The molecule has 1 aromatic rings. The largest absolute Gasteiger partial charge is 0.459 e. The smallest absolute Gasteiger partial charge is 0.287 e. The van der Waals surface area contributed by atoms with Gasteiger partial charge in [-0.15, -0.1) is 0 Å². The van der Waals surface area contributed by atoms with Crippen molar-refractivity contribution in [3.63, 3.8) is 0 Å². The third-order valence-corrected chi connectivity index (χ3v) is 3.31. The van der Waals surface area contributed by atoms with Crippen LogP contribution in [0.1, 0.15) is 23.4 Å². The van der Waals surface area contributed by atoms with E-state index in [4.69, 9.17) is 4.42 Å². The second kappa shape index (κ2) is 6.38. The van der Waals surface area contributed by atoms with Gasteiger partial charge in [0, 0.05) is 26.2 Å². The standard InChI is InChI=1S/C13H19N3O3/c1-14-12(17)9-16-6-4-10(5-7-16)15-13(18)11-3-2-8-19-11/h2-3,8,10H,4-7,9H2,1H3,(H,14,17)(H,15,18). The first kappa shape index (κ1) is 13.6. The highest BCUT2D eigenvalue weighted by Crippen LogP contribution is 2.11. The molecule has 2 amide bonds. The lowest BCUT2D eigenvalue weighted by Crippen LogP contribution is -2.47. The first-order chi connectivity index (χ1) is 9.19. The number of rotatable bonds is 4. The van der Waals surface area contributed by atoms with Crippen LogP contribution in [0.4, 0.5) is 0 Å². The molecule has 0 aromatic carbocycles. The number of carbonyl (C=O) groups is 2. The summed E-state index contributed by atoms with van der Waals surface area (Å²) in [5, 5.41) is 5.56. The Balaban J connectivity index is 1.74. The molecule has 1 aromatic heterocycles. The van der Waals surface area contributed by atoms with Crippen LogP contribution in [-0.2, 0) is 4.79 Å². The van der Waals surface area contributed by atoms with E-state index in [1.54, 1.807) is 19.2 Å². The number of carbonyl (C=O) groups excluding carboxylic acids is 2. The lowest BCUT2D eigenvalue weighted by molar-refractivity contribution is -0.122. The predicted octanol–water partition coefficient (Wildman–Crippen LogP) is 0.220. The SMILES string of the molecule is CNC(=O)CN1CCC(NC(=O)c2ccco2)CC1. The molecule has 0 bridgehead atoms. The molecule has 2 heterocycles. The lowest BCUT2D eigenvalue weighted by atomic mass is 10.0. The van der Waals surface area contributed by atoms with E-state index >= 15 is 0 Å². The third-order valence-electron chi connectivity index (χ3n) is 3.31. The quantitative estimate of drug-likeness (QED) is 0.816. The number of nitrogens with zero attached hydrogens (tertiary/aromatic N) is 1. The molecule has 19 heavy (non-hydrogen) atoms. The number of nitrogens with one attached hydrogen (secondary N) is 2. The molecule has 0 radical (unpaired) electrons. The van der Waals surface area contributed by atoms with Gasteiger partial charge in [0.05, 0.1) is 12.8 Å². The van der Waals surface area contributed by atoms with E-state index < -0.39 is 0 Å². The number of likely N-dealkylation sites (tertiary alicyclic amines) is 1. The summed E-state index contributed by atoms with van der Waals surface area (Å²) in [5.74, 6) is 0.195. The average molecular weight is 265 g/mol. The lowest BCUT2D eigenvalue weighted by Gasteiger charge is -2.31. The molecule has 1 fully saturated rings. The minimum absolute atomic E-state index is 0.0260. The van der Waals surface area contributed by atoms with E-state index in [0.717, 1.165) is 25.9 Å². The maximum Gasteiger partial charge on any atom is 0.287 e. The minimum Gasteiger partial charge on any atom is -0.459 e. The summed E-state index contributed by atoms with van der Waals surface area (Å²) in [5.41, 5.74) is 0. The van der Waals surface area contributed by atoms with Crippen LogP contribution in [-0.4, -0.2) is 49.4 Å². The highest BCUT2D eigenvalue weighted by molar-refractivity contribution is 5.91. The molecule has 0 saturated carbocycles. The molecule has 1 saturated heterocycles. The van der Waals surface area contributed by atoms with Crippen molar-refractivity contribution in [2.24, 2.45) is 0 Å². The Morgan fingerprint density at radius 2 is 2.16 bits per heavy atom. The minimum atomic E-state index is -0.172. The Bertz CT molecular complexity index is 422. The topological polar surface area (TPSA) is 74.6 Å². The van der Waals surface area contributed by atoms with Gasteiger partial charge in [-0.25, -0.2) is 0 Å². The highest BCUT2D eigenvalue weighted by Gasteiger charge is 2.22. The van der Waals surface area contributed by atoms with Crippen molar-refractivity contribution in [1.29, 1.82) is 0 Å². The maximum atomic E-state index is 11.8. The van der Waals surface area contributed by atoms with Crippen LogP contribution < -0.4 is 10.6 Å². The Morgan fingerprint density at radius 3 is 2.74 bits per heavy atom. The van der Waals surface area contributed by atoms with Crippen molar-refractivity contribution in [2.75, 3.05) is 26.7 Å². The summed E-state index contributed by atoms with van der Waals surface area (Å²) < 4.78 is 5.05.